The molecule has 2 aromatic rings. The van der Waals surface area contributed by atoms with E-state index in [1.807, 2.05) is 51.1 Å². The van der Waals surface area contributed by atoms with Crippen LogP contribution in [-0.4, -0.2) is 36.3 Å². The molecule has 2 aliphatic rings. The molecule has 6 nitrogen and oxygen atoms in total. The Morgan fingerprint density at radius 3 is 2.31 bits per heavy atom. The number of fused-ring (bicyclic) bond motifs is 1. The number of carbonyl (C=O) groups is 1. The van der Waals surface area contributed by atoms with Gasteiger partial charge in [-0.15, -0.1) is 0 Å². The third kappa shape index (κ3) is 3.09. The van der Waals surface area contributed by atoms with E-state index in [4.69, 9.17) is 4.74 Å². The number of nitrogens with zero attached hydrogens (tertiary/aromatic N) is 2. The molecule has 1 saturated heterocycles. The van der Waals surface area contributed by atoms with Gasteiger partial charge in [0.1, 0.15) is 12.6 Å². The third-order valence-electron chi connectivity index (χ3n) is 5.54. The van der Waals surface area contributed by atoms with Crippen LogP contribution in [0.3, 0.4) is 0 Å². The van der Waals surface area contributed by atoms with Gasteiger partial charge >= 0.3 is 6.03 Å². The highest BCUT2D eigenvalue weighted by Crippen LogP contribution is 2.43. The minimum Gasteiger partial charge on any atom is -0.476 e. The fraction of sp³-hybridized carbons (Fsp3) is 0.318. The molecule has 29 heavy (non-hydrogen) atoms. The maximum Gasteiger partial charge on any atom is 0.342 e. The number of hydrogen-bond acceptors (Lipinski definition) is 4. The number of urea groups is 1. The molecule has 0 spiro atoms. The van der Waals surface area contributed by atoms with E-state index in [2.05, 4.69) is 0 Å². The van der Waals surface area contributed by atoms with Gasteiger partial charge in [-0.25, -0.2) is 17.5 Å². The Balaban J connectivity index is 1.92. The summed E-state index contributed by atoms with van der Waals surface area (Å²) in [6, 6.07) is 14.3. The number of sulfonamides is 1. The Labute approximate surface area is 171 Å². The maximum atomic E-state index is 13.6. The molecule has 2 atom stereocenters. The van der Waals surface area contributed by atoms with Crippen LogP contribution in [0.5, 0.6) is 0 Å². The SMILES string of the molecule is CC[C@@H]1COC2=C(C)[C@@H](c3ccccc3)N(S(=O)(=O)c3ccc(C)cc3)C(=O)N21. The zero-order chi connectivity index (χ0) is 20.8. The second-order valence-electron chi connectivity index (χ2n) is 7.44. The van der Waals surface area contributed by atoms with Crippen molar-refractivity contribution in [2.45, 2.75) is 44.2 Å². The summed E-state index contributed by atoms with van der Waals surface area (Å²) >= 11 is 0. The Morgan fingerprint density at radius 1 is 1.03 bits per heavy atom. The van der Waals surface area contributed by atoms with Gasteiger partial charge in [-0.3, -0.25) is 4.90 Å². The molecular weight excluding hydrogens is 388 g/mol. The monoisotopic (exact) mass is 412 g/mol. The third-order valence-corrected chi connectivity index (χ3v) is 7.29. The maximum absolute atomic E-state index is 13.6. The van der Waals surface area contributed by atoms with E-state index in [0.29, 0.717) is 24.5 Å². The number of aryl methyl sites for hydroxylation is 1. The summed E-state index contributed by atoms with van der Waals surface area (Å²) in [4.78, 5) is 15.2. The topological polar surface area (TPSA) is 66.9 Å². The summed E-state index contributed by atoms with van der Waals surface area (Å²) in [5.41, 5.74) is 2.39. The zero-order valence-corrected chi connectivity index (χ0v) is 17.5. The van der Waals surface area contributed by atoms with Gasteiger partial charge in [0, 0.05) is 5.57 Å². The largest absolute Gasteiger partial charge is 0.476 e. The molecule has 0 unspecified atom stereocenters. The standard InChI is InChI=1S/C22H24N2O4S/c1-4-18-14-28-21-16(3)20(17-8-6-5-7-9-17)24(22(25)23(18)21)29(26,27)19-12-10-15(2)11-13-19/h5-13,18,20H,4,14H2,1-3H3/t18-,20+/m1/s1. The number of benzene rings is 2. The van der Waals surface area contributed by atoms with Crippen LogP contribution < -0.4 is 0 Å². The van der Waals surface area contributed by atoms with Crippen LogP contribution in [0, 0.1) is 6.92 Å². The molecule has 0 radical (unpaired) electrons. The Kier molecular flexibility index (Phi) is 4.86. The van der Waals surface area contributed by atoms with Gasteiger partial charge < -0.3 is 4.74 Å². The smallest absolute Gasteiger partial charge is 0.342 e. The van der Waals surface area contributed by atoms with Gasteiger partial charge in [0.05, 0.1) is 10.9 Å². The summed E-state index contributed by atoms with van der Waals surface area (Å²) in [5, 5.41) is 0. The van der Waals surface area contributed by atoms with Crippen molar-refractivity contribution in [3.63, 3.8) is 0 Å². The van der Waals surface area contributed by atoms with Gasteiger partial charge in [0.25, 0.3) is 10.0 Å². The van der Waals surface area contributed by atoms with E-state index in [-0.39, 0.29) is 10.9 Å². The molecule has 4 rings (SSSR count). The summed E-state index contributed by atoms with van der Waals surface area (Å²) < 4.78 is 34.1. The van der Waals surface area contributed by atoms with Crippen molar-refractivity contribution in [2.24, 2.45) is 0 Å². The first-order valence-electron chi connectivity index (χ1n) is 9.69. The van der Waals surface area contributed by atoms with Crippen LogP contribution in [0.1, 0.15) is 37.4 Å². The molecule has 1 fully saturated rings. The summed E-state index contributed by atoms with van der Waals surface area (Å²) in [6.45, 7) is 6.06. The fourth-order valence-electron chi connectivity index (χ4n) is 3.93. The lowest BCUT2D eigenvalue weighted by Crippen LogP contribution is -2.52. The van der Waals surface area contributed by atoms with Crippen LogP contribution in [0.25, 0.3) is 0 Å². The summed E-state index contributed by atoms with van der Waals surface area (Å²) in [5.74, 6) is 0.478. The van der Waals surface area contributed by atoms with Crippen LogP contribution in [0.4, 0.5) is 4.79 Å². The predicted octanol–water partition coefficient (Wildman–Crippen LogP) is 4.20. The average Bonchev–Trinajstić information content (AvgIpc) is 3.16. The van der Waals surface area contributed by atoms with Crippen LogP contribution in [0.2, 0.25) is 0 Å². The van der Waals surface area contributed by atoms with Crippen molar-refractivity contribution < 1.29 is 17.9 Å². The Bertz CT molecular complexity index is 1060. The first-order valence-corrected chi connectivity index (χ1v) is 11.1. The first-order chi connectivity index (χ1) is 13.9. The molecule has 2 amide bonds. The molecule has 0 aromatic heterocycles. The van der Waals surface area contributed by atoms with Crippen molar-refractivity contribution in [1.82, 2.24) is 9.21 Å². The molecule has 152 valence electrons. The quantitative estimate of drug-likeness (QED) is 0.755. The van der Waals surface area contributed by atoms with Crippen LogP contribution in [-0.2, 0) is 14.8 Å². The molecule has 0 saturated carbocycles. The van der Waals surface area contributed by atoms with Crippen molar-refractivity contribution in [1.29, 1.82) is 0 Å². The van der Waals surface area contributed by atoms with E-state index < -0.39 is 22.1 Å². The summed E-state index contributed by atoms with van der Waals surface area (Å²) in [7, 11) is -4.08. The van der Waals surface area contributed by atoms with Gasteiger partial charge in [-0.05, 0) is 38.0 Å². The number of ether oxygens (including phenoxy) is 1. The van der Waals surface area contributed by atoms with E-state index in [9.17, 15) is 13.2 Å². The molecule has 0 N–H and O–H groups in total. The van der Waals surface area contributed by atoms with Crippen molar-refractivity contribution in [2.75, 3.05) is 6.61 Å². The van der Waals surface area contributed by atoms with E-state index in [1.54, 1.807) is 24.3 Å². The summed E-state index contributed by atoms with van der Waals surface area (Å²) in [6.07, 6.45) is 0.678. The van der Waals surface area contributed by atoms with Gasteiger partial charge in [-0.2, -0.15) is 0 Å². The lowest BCUT2D eigenvalue weighted by Gasteiger charge is -2.40. The van der Waals surface area contributed by atoms with E-state index in [1.165, 1.54) is 4.90 Å². The van der Waals surface area contributed by atoms with Crippen molar-refractivity contribution >= 4 is 16.1 Å². The number of rotatable bonds is 4. The molecule has 0 bridgehead atoms. The van der Waals surface area contributed by atoms with Gasteiger partial charge in [0.2, 0.25) is 0 Å². The number of amides is 2. The van der Waals surface area contributed by atoms with Crippen LogP contribution >= 0.6 is 0 Å². The van der Waals surface area contributed by atoms with E-state index >= 15 is 0 Å². The fourth-order valence-corrected chi connectivity index (χ4v) is 5.49. The normalized spacial score (nSPS) is 22.0. The second kappa shape index (κ2) is 7.22. The lowest BCUT2D eigenvalue weighted by atomic mass is 9.98. The Hall–Kier alpha value is -2.80. The number of carbonyl (C=O) groups excluding carboxylic acids is 1. The molecule has 7 heteroatoms. The van der Waals surface area contributed by atoms with Gasteiger partial charge in [-0.1, -0.05) is 55.0 Å². The highest BCUT2D eigenvalue weighted by Gasteiger charge is 2.50. The average molecular weight is 413 g/mol. The van der Waals surface area contributed by atoms with E-state index in [0.717, 1.165) is 15.4 Å². The molecule has 2 aliphatic heterocycles. The molecule has 2 aromatic carbocycles. The highest BCUT2D eigenvalue weighted by atomic mass is 32.2. The highest BCUT2D eigenvalue weighted by molar-refractivity contribution is 7.89. The second-order valence-corrected chi connectivity index (χ2v) is 9.26. The Morgan fingerprint density at radius 2 is 1.69 bits per heavy atom. The lowest BCUT2D eigenvalue weighted by molar-refractivity contribution is 0.154. The predicted molar refractivity (Wildman–Crippen MR) is 109 cm³/mol. The molecular formula is C22H24N2O4S. The van der Waals surface area contributed by atoms with Crippen molar-refractivity contribution in [3.8, 4) is 0 Å². The van der Waals surface area contributed by atoms with Crippen LogP contribution in [0.15, 0.2) is 70.9 Å². The van der Waals surface area contributed by atoms with Crippen molar-refractivity contribution in [3.05, 3.63) is 77.2 Å². The zero-order valence-electron chi connectivity index (χ0n) is 16.7. The number of hydrogen-bond donors (Lipinski definition) is 0. The molecule has 0 aliphatic carbocycles. The first kappa shape index (κ1) is 19.5. The molecule has 2 heterocycles. The minimum absolute atomic E-state index is 0.0989. The minimum atomic E-state index is -4.08. The van der Waals surface area contributed by atoms with Gasteiger partial charge in [0.15, 0.2) is 5.88 Å².